The van der Waals surface area contributed by atoms with Gasteiger partial charge in [-0.3, -0.25) is 9.78 Å². The van der Waals surface area contributed by atoms with Crippen LogP contribution in [0.4, 0.5) is 5.69 Å². The number of anilines is 1. The molecule has 0 unspecified atom stereocenters. The van der Waals surface area contributed by atoms with E-state index in [0.29, 0.717) is 18.5 Å². The van der Waals surface area contributed by atoms with Gasteiger partial charge in [0.25, 0.3) is 10.0 Å². The molecule has 8 nitrogen and oxygen atoms in total. The van der Waals surface area contributed by atoms with E-state index in [2.05, 4.69) is 20.0 Å². The quantitative estimate of drug-likeness (QED) is 0.180. The van der Waals surface area contributed by atoms with E-state index in [9.17, 15) is 13.2 Å². The fourth-order valence-electron chi connectivity index (χ4n) is 4.44. The van der Waals surface area contributed by atoms with Crippen molar-refractivity contribution in [2.45, 2.75) is 55.9 Å². The van der Waals surface area contributed by atoms with E-state index in [1.807, 2.05) is 42.5 Å². The molecule has 9 heteroatoms. The predicted octanol–water partition coefficient (Wildman–Crippen LogP) is 5.46. The number of benzene rings is 2. The van der Waals surface area contributed by atoms with Crippen LogP contribution in [0.3, 0.4) is 0 Å². The van der Waals surface area contributed by atoms with Crippen LogP contribution in [0.25, 0.3) is 5.57 Å². The summed E-state index contributed by atoms with van der Waals surface area (Å²) in [7, 11) is -3.92. The van der Waals surface area contributed by atoms with Crippen LogP contribution in [0.15, 0.2) is 94.5 Å². The van der Waals surface area contributed by atoms with Gasteiger partial charge in [-0.15, -0.1) is 4.40 Å². The maximum absolute atomic E-state index is 13.0. The first-order valence-electron chi connectivity index (χ1n) is 12.8. The number of nitrogens with one attached hydrogen (secondary N) is 2. The lowest BCUT2D eigenvalue weighted by molar-refractivity contribution is -0.137. The molecule has 0 atom stereocenters. The van der Waals surface area contributed by atoms with Crippen LogP contribution in [-0.4, -0.2) is 36.5 Å². The van der Waals surface area contributed by atoms with Gasteiger partial charge in [0.15, 0.2) is 0 Å². The Labute approximate surface area is 223 Å². The molecule has 3 N–H and O–H groups in total. The number of rotatable bonds is 10. The standard InChI is InChI=1S/C29H32N4O4S/c34-28(35)18-7-6-17-27(23-11-9-19-30-21-23)22-10-8-14-25(20-22)32-29(31-24-12-4-5-13-24)33-38(36,37)26-15-2-1-3-16-26/h1-3,8-11,14-17,19-21,24H,4-7,12-13,18H2,(H,34,35)(H2,31,32,33). The number of hydrogen-bond donors (Lipinski definition) is 3. The highest BCUT2D eigenvalue weighted by atomic mass is 32.2. The molecule has 3 aromatic rings. The fourth-order valence-corrected chi connectivity index (χ4v) is 5.38. The minimum atomic E-state index is -3.92. The van der Waals surface area contributed by atoms with E-state index < -0.39 is 16.0 Å². The minimum Gasteiger partial charge on any atom is -0.481 e. The maximum atomic E-state index is 13.0. The molecule has 0 spiro atoms. The van der Waals surface area contributed by atoms with E-state index in [0.717, 1.165) is 42.4 Å². The zero-order chi connectivity index (χ0) is 26.8. The fraction of sp³-hybridized carbons (Fsp3) is 0.276. The molecule has 1 aliphatic carbocycles. The number of hydrogen-bond acceptors (Lipinski definition) is 4. The monoisotopic (exact) mass is 532 g/mol. The third kappa shape index (κ3) is 7.76. The molecule has 0 bridgehead atoms. The molecule has 1 saturated carbocycles. The van der Waals surface area contributed by atoms with Crippen molar-refractivity contribution in [1.82, 2.24) is 10.3 Å². The summed E-state index contributed by atoms with van der Waals surface area (Å²) >= 11 is 0. The minimum absolute atomic E-state index is 0.0982. The summed E-state index contributed by atoms with van der Waals surface area (Å²) in [6.07, 6.45) is 10.8. The van der Waals surface area contributed by atoms with Gasteiger partial charge in [0.1, 0.15) is 0 Å². The van der Waals surface area contributed by atoms with Crippen LogP contribution in [0.1, 0.15) is 56.1 Å². The van der Waals surface area contributed by atoms with Crippen LogP contribution in [0, 0.1) is 0 Å². The highest BCUT2D eigenvalue weighted by Gasteiger charge is 2.20. The van der Waals surface area contributed by atoms with Crippen molar-refractivity contribution in [3.05, 3.63) is 96.3 Å². The molecule has 38 heavy (non-hydrogen) atoms. The van der Waals surface area contributed by atoms with Crippen molar-refractivity contribution in [3.8, 4) is 0 Å². The lowest BCUT2D eigenvalue weighted by atomic mass is 9.97. The normalized spacial score (nSPS) is 14.8. The first-order chi connectivity index (χ1) is 18.4. The maximum Gasteiger partial charge on any atom is 0.303 e. The number of aliphatic carboxylic acids is 1. The van der Waals surface area contributed by atoms with Crippen LogP contribution in [0.2, 0.25) is 0 Å². The average molecular weight is 533 g/mol. The number of unbranched alkanes of at least 4 members (excludes halogenated alkanes) is 1. The Bertz CT molecular complexity index is 1380. The van der Waals surface area contributed by atoms with Crippen molar-refractivity contribution >= 4 is 33.2 Å². The van der Waals surface area contributed by atoms with Crippen LogP contribution in [-0.2, 0) is 14.8 Å². The molecule has 0 aliphatic heterocycles. The lowest BCUT2D eigenvalue weighted by Gasteiger charge is -2.18. The molecule has 1 aliphatic rings. The largest absolute Gasteiger partial charge is 0.481 e. The molecule has 0 radical (unpaired) electrons. The zero-order valence-electron chi connectivity index (χ0n) is 21.1. The van der Waals surface area contributed by atoms with E-state index >= 15 is 0 Å². The van der Waals surface area contributed by atoms with Crippen LogP contribution >= 0.6 is 0 Å². The molecule has 1 heterocycles. The Balaban J connectivity index is 1.64. The van der Waals surface area contributed by atoms with Gasteiger partial charge >= 0.3 is 5.97 Å². The second kappa shape index (κ2) is 13.0. The Kier molecular flexibility index (Phi) is 9.26. The molecule has 1 fully saturated rings. The smallest absolute Gasteiger partial charge is 0.303 e. The number of nitrogens with zero attached hydrogens (tertiary/aromatic N) is 2. The highest BCUT2D eigenvalue weighted by Crippen LogP contribution is 2.27. The van der Waals surface area contributed by atoms with Gasteiger partial charge in [-0.1, -0.05) is 55.3 Å². The van der Waals surface area contributed by atoms with E-state index in [4.69, 9.17) is 5.11 Å². The number of allylic oxidation sites excluding steroid dienone is 1. The van der Waals surface area contributed by atoms with Crippen molar-refractivity contribution in [1.29, 1.82) is 0 Å². The van der Waals surface area contributed by atoms with Gasteiger partial charge in [-0.2, -0.15) is 8.42 Å². The summed E-state index contributed by atoms with van der Waals surface area (Å²) in [5.74, 6) is -0.633. The number of aromatic nitrogens is 1. The van der Waals surface area contributed by atoms with Crippen LogP contribution in [0.5, 0.6) is 0 Å². The SMILES string of the molecule is O=C(O)CCCC=C(c1cccnc1)c1cccc(NC(=NS(=O)(=O)c2ccccc2)NC2CCCC2)c1. The third-order valence-corrected chi connectivity index (χ3v) is 7.59. The van der Waals surface area contributed by atoms with Crippen molar-refractivity contribution in [3.63, 3.8) is 0 Å². The van der Waals surface area contributed by atoms with Crippen molar-refractivity contribution in [2.24, 2.45) is 4.40 Å². The van der Waals surface area contributed by atoms with Gasteiger partial charge in [-0.05, 0) is 67.2 Å². The summed E-state index contributed by atoms with van der Waals surface area (Å²) in [6.45, 7) is 0. The van der Waals surface area contributed by atoms with E-state index in [1.54, 1.807) is 30.6 Å². The zero-order valence-corrected chi connectivity index (χ0v) is 21.9. The second-order valence-corrected chi connectivity index (χ2v) is 10.8. The van der Waals surface area contributed by atoms with Crippen molar-refractivity contribution in [2.75, 3.05) is 5.32 Å². The Morgan fingerprint density at radius 3 is 2.50 bits per heavy atom. The molecule has 0 saturated heterocycles. The number of pyridine rings is 1. The van der Waals surface area contributed by atoms with Crippen LogP contribution < -0.4 is 10.6 Å². The number of sulfonamides is 1. The lowest BCUT2D eigenvalue weighted by Crippen LogP contribution is -2.38. The Morgan fingerprint density at radius 2 is 1.79 bits per heavy atom. The molecule has 1 aromatic heterocycles. The average Bonchev–Trinajstić information content (AvgIpc) is 3.42. The van der Waals surface area contributed by atoms with Gasteiger partial charge in [0.05, 0.1) is 4.90 Å². The van der Waals surface area contributed by atoms with E-state index in [1.165, 1.54) is 12.1 Å². The van der Waals surface area contributed by atoms with E-state index in [-0.39, 0.29) is 23.3 Å². The molecular formula is C29H32N4O4S. The Hall–Kier alpha value is -3.98. The highest BCUT2D eigenvalue weighted by molar-refractivity contribution is 7.90. The summed E-state index contributed by atoms with van der Waals surface area (Å²) in [5, 5.41) is 15.5. The second-order valence-electron chi connectivity index (χ2n) is 9.21. The number of carboxylic acid groups (broad SMARTS) is 1. The summed E-state index contributed by atoms with van der Waals surface area (Å²) < 4.78 is 30.2. The van der Waals surface area contributed by atoms with Gasteiger partial charge < -0.3 is 15.7 Å². The molecule has 0 amide bonds. The summed E-state index contributed by atoms with van der Waals surface area (Å²) in [5.41, 5.74) is 3.40. The predicted molar refractivity (Wildman–Crippen MR) is 149 cm³/mol. The Morgan fingerprint density at radius 1 is 1.03 bits per heavy atom. The van der Waals surface area contributed by atoms with Crippen molar-refractivity contribution < 1.29 is 18.3 Å². The van der Waals surface area contributed by atoms with Gasteiger partial charge in [-0.25, -0.2) is 0 Å². The number of carboxylic acids is 1. The first kappa shape index (κ1) is 27.1. The summed E-state index contributed by atoms with van der Waals surface area (Å²) in [4.78, 5) is 15.3. The summed E-state index contributed by atoms with van der Waals surface area (Å²) in [6, 6.07) is 19.8. The molecular weight excluding hydrogens is 500 g/mol. The number of guanidine groups is 1. The molecule has 2 aromatic carbocycles. The third-order valence-electron chi connectivity index (χ3n) is 6.30. The number of carbonyl (C=O) groups is 1. The van der Waals surface area contributed by atoms with Gasteiger partial charge in [0, 0.05) is 36.1 Å². The topological polar surface area (TPSA) is 121 Å². The molecule has 4 rings (SSSR count). The first-order valence-corrected chi connectivity index (χ1v) is 14.2. The molecule has 198 valence electrons. The van der Waals surface area contributed by atoms with Gasteiger partial charge in [0.2, 0.25) is 5.96 Å².